The topological polar surface area (TPSA) is 95.2 Å². The number of hydrogen-bond donors (Lipinski definition) is 2. The lowest BCUT2D eigenvalue weighted by Gasteiger charge is -2.11. The number of carbonyl (C=O) groups is 1. The van der Waals surface area contributed by atoms with E-state index in [1.807, 2.05) is 28.7 Å². The highest BCUT2D eigenvalue weighted by molar-refractivity contribution is 14.1. The second-order valence-electron chi connectivity index (χ2n) is 6.13. The average molecular weight is 521 g/mol. The standard InChI is InChI=1S/C21H14F2IN3O3/c1-30-18-5-3-12(22)7-14(18)21(29)27-9-11-2-4-13(16(23)6-11)19-15(8-25)20(28)17(24)10-26-19/h2-7,10H,9H2,1H3,(H,26,28)(H,27,29). The first-order valence-electron chi connectivity index (χ1n) is 8.53. The molecule has 0 aliphatic carbocycles. The summed E-state index contributed by atoms with van der Waals surface area (Å²) in [5.41, 5.74) is 0.396. The summed E-state index contributed by atoms with van der Waals surface area (Å²) in [7, 11) is 1.37. The molecule has 0 radical (unpaired) electrons. The monoisotopic (exact) mass is 521 g/mol. The molecule has 0 atom stereocenters. The Labute approximate surface area is 184 Å². The van der Waals surface area contributed by atoms with Crippen LogP contribution in [0.3, 0.4) is 0 Å². The van der Waals surface area contributed by atoms with Crippen molar-refractivity contribution in [1.29, 1.82) is 5.26 Å². The van der Waals surface area contributed by atoms with E-state index in [2.05, 4.69) is 10.3 Å². The second-order valence-corrected chi connectivity index (χ2v) is 7.29. The largest absolute Gasteiger partial charge is 0.505 e. The Morgan fingerprint density at radius 3 is 2.73 bits per heavy atom. The lowest BCUT2D eigenvalue weighted by atomic mass is 10.0. The zero-order valence-corrected chi connectivity index (χ0v) is 17.7. The molecule has 9 heteroatoms. The molecule has 3 aromatic rings. The van der Waals surface area contributed by atoms with Gasteiger partial charge in [0.1, 0.15) is 34.8 Å². The molecular weight excluding hydrogens is 507 g/mol. The molecule has 0 aliphatic rings. The number of ether oxygens (including phenoxy) is 1. The maximum absolute atomic E-state index is 14.7. The molecule has 0 saturated heterocycles. The minimum atomic E-state index is -0.672. The molecule has 0 aliphatic heterocycles. The van der Waals surface area contributed by atoms with Crippen LogP contribution >= 0.6 is 22.6 Å². The molecule has 1 aromatic heterocycles. The van der Waals surface area contributed by atoms with Gasteiger partial charge < -0.3 is 15.2 Å². The summed E-state index contributed by atoms with van der Waals surface area (Å²) in [5.74, 6) is -1.88. The van der Waals surface area contributed by atoms with Crippen LogP contribution in [0.25, 0.3) is 11.3 Å². The molecule has 2 aromatic carbocycles. The number of hydrogen-bond acceptors (Lipinski definition) is 5. The Kier molecular flexibility index (Phi) is 6.47. The molecule has 1 amide bonds. The molecule has 1 heterocycles. The third-order valence-corrected chi connectivity index (χ3v) is 5.06. The number of pyridine rings is 1. The van der Waals surface area contributed by atoms with Crippen molar-refractivity contribution in [1.82, 2.24) is 10.3 Å². The van der Waals surface area contributed by atoms with E-state index in [1.165, 1.54) is 37.6 Å². The van der Waals surface area contributed by atoms with Crippen molar-refractivity contribution in [3.63, 3.8) is 0 Å². The highest BCUT2D eigenvalue weighted by Crippen LogP contribution is 2.32. The number of amides is 1. The number of methoxy groups -OCH3 is 1. The normalized spacial score (nSPS) is 10.4. The van der Waals surface area contributed by atoms with Crippen molar-refractivity contribution >= 4 is 28.5 Å². The smallest absolute Gasteiger partial charge is 0.255 e. The zero-order valence-electron chi connectivity index (χ0n) is 15.5. The van der Waals surface area contributed by atoms with E-state index in [1.54, 1.807) is 6.07 Å². The van der Waals surface area contributed by atoms with Gasteiger partial charge in [-0.1, -0.05) is 6.07 Å². The molecule has 30 heavy (non-hydrogen) atoms. The molecule has 6 nitrogen and oxygen atoms in total. The van der Waals surface area contributed by atoms with Gasteiger partial charge >= 0.3 is 0 Å². The van der Waals surface area contributed by atoms with Gasteiger partial charge in [0.2, 0.25) is 0 Å². The number of aromatic nitrogens is 1. The van der Waals surface area contributed by atoms with Crippen molar-refractivity contribution in [2.24, 2.45) is 0 Å². The predicted molar refractivity (Wildman–Crippen MR) is 113 cm³/mol. The molecular formula is C21H14F2IN3O3. The zero-order chi connectivity index (χ0) is 21.8. The fourth-order valence-corrected chi connectivity index (χ4v) is 3.19. The van der Waals surface area contributed by atoms with E-state index in [-0.39, 0.29) is 40.4 Å². The van der Waals surface area contributed by atoms with Crippen LogP contribution in [-0.4, -0.2) is 23.1 Å². The predicted octanol–water partition coefficient (Wildman–Crippen LogP) is 4.15. The first-order valence-corrected chi connectivity index (χ1v) is 9.61. The Bertz CT molecular complexity index is 1180. The van der Waals surface area contributed by atoms with Crippen LogP contribution in [0, 0.1) is 26.5 Å². The highest BCUT2D eigenvalue weighted by atomic mass is 127. The summed E-state index contributed by atoms with van der Waals surface area (Å²) >= 11 is 1.82. The van der Waals surface area contributed by atoms with Gasteiger partial charge in [-0.2, -0.15) is 5.26 Å². The molecule has 3 rings (SSSR count). The van der Waals surface area contributed by atoms with Gasteiger partial charge in [0.15, 0.2) is 0 Å². The van der Waals surface area contributed by atoms with Gasteiger partial charge in [-0.05, 0) is 58.5 Å². The molecule has 0 saturated carbocycles. The van der Waals surface area contributed by atoms with Crippen LogP contribution in [0.5, 0.6) is 11.5 Å². The van der Waals surface area contributed by atoms with Crippen molar-refractivity contribution in [2.45, 2.75) is 6.54 Å². The Morgan fingerprint density at radius 2 is 2.07 bits per heavy atom. The van der Waals surface area contributed by atoms with Gasteiger partial charge in [-0.25, -0.2) is 8.78 Å². The summed E-state index contributed by atoms with van der Waals surface area (Å²) in [5, 5.41) is 21.9. The molecule has 2 N–H and O–H groups in total. The number of nitrogens with zero attached hydrogens (tertiary/aromatic N) is 2. The van der Waals surface area contributed by atoms with Crippen LogP contribution in [-0.2, 0) is 6.54 Å². The third-order valence-electron chi connectivity index (χ3n) is 4.27. The Balaban J connectivity index is 1.82. The molecule has 0 bridgehead atoms. The second kappa shape index (κ2) is 9.04. The fraction of sp³-hybridized carbons (Fsp3) is 0.0952. The van der Waals surface area contributed by atoms with E-state index < -0.39 is 17.5 Å². The number of benzene rings is 2. The lowest BCUT2D eigenvalue weighted by Crippen LogP contribution is -2.23. The molecule has 152 valence electrons. The van der Waals surface area contributed by atoms with Gasteiger partial charge in [0.25, 0.3) is 5.91 Å². The van der Waals surface area contributed by atoms with Crippen molar-refractivity contribution in [2.75, 3.05) is 7.11 Å². The van der Waals surface area contributed by atoms with Crippen molar-refractivity contribution < 1.29 is 23.4 Å². The summed E-state index contributed by atoms with van der Waals surface area (Å²) in [6.07, 6.45) is 1.34. The van der Waals surface area contributed by atoms with Crippen LogP contribution < -0.4 is 10.1 Å². The van der Waals surface area contributed by atoms with Gasteiger partial charge in [0, 0.05) is 18.3 Å². The highest BCUT2D eigenvalue weighted by Gasteiger charge is 2.18. The maximum Gasteiger partial charge on any atom is 0.255 e. The average Bonchev–Trinajstić information content (AvgIpc) is 2.74. The van der Waals surface area contributed by atoms with Gasteiger partial charge in [-0.3, -0.25) is 9.78 Å². The number of rotatable bonds is 5. The van der Waals surface area contributed by atoms with Gasteiger partial charge in [0.05, 0.1) is 21.9 Å². The van der Waals surface area contributed by atoms with Crippen molar-refractivity contribution in [3.8, 4) is 28.8 Å². The van der Waals surface area contributed by atoms with Crippen LogP contribution in [0.1, 0.15) is 21.5 Å². The summed E-state index contributed by atoms with van der Waals surface area (Å²) in [6.45, 7) is -0.0217. The minimum absolute atomic E-state index is 0.0202. The summed E-state index contributed by atoms with van der Waals surface area (Å²) in [4.78, 5) is 16.4. The number of nitriles is 1. The lowest BCUT2D eigenvalue weighted by molar-refractivity contribution is 0.0947. The summed E-state index contributed by atoms with van der Waals surface area (Å²) in [6, 6.07) is 9.56. The van der Waals surface area contributed by atoms with Gasteiger partial charge in [-0.15, -0.1) is 0 Å². The summed E-state index contributed by atoms with van der Waals surface area (Å²) < 4.78 is 33.6. The minimum Gasteiger partial charge on any atom is -0.505 e. The van der Waals surface area contributed by atoms with E-state index in [0.717, 1.165) is 6.07 Å². The quantitative estimate of drug-likeness (QED) is 0.493. The van der Waals surface area contributed by atoms with E-state index in [9.17, 15) is 23.9 Å². The van der Waals surface area contributed by atoms with E-state index >= 15 is 0 Å². The Hall–Kier alpha value is -3.26. The van der Waals surface area contributed by atoms with Crippen LogP contribution in [0.4, 0.5) is 8.78 Å². The first kappa shape index (κ1) is 21.4. The van der Waals surface area contributed by atoms with Crippen LogP contribution in [0.2, 0.25) is 0 Å². The van der Waals surface area contributed by atoms with E-state index in [4.69, 9.17) is 4.74 Å². The third kappa shape index (κ3) is 4.33. The SMILES string of the molecule is COc1ccc(F)cc1C(=O)NCc1ccc(-c2ncc(I)c(O)c2C#N)c(F)c1. The molecule has 0 unspecified atom stereocenters. The maximum atomic E-state index is 14.7. The van der Waals surface area contributed by atoms with Crippen LogP contribution in [0.15, 0.2) is 42.6 Å². The number of halogens is 3. The van der Waals surface area contributed by atoms with E-state index in [0.29, 0.717) is 9.13 Å². The number of nitrogens with one attached hydrogen (secondary N) is 1. The molecule has 0 spiro atoms. The molecule has 0 fully saturated rings. The number of aromatic hydroxyl groups is 1. The van der Waals surface area contributed by atoms with Crippen molar-refractivity contribution in [3.05, 3.63) is 74.5 Å². The number of carbonyl (C=O) groups excluding carboxylic acids is 1. The fourth-order valence-electron chi connectivity index (χ4n) is 2.78. The Morgan fingerprint density at radius 1 is 1.30 bits per heavy atom. The first-order chi connectivity index (χ1) is 14.3.